The number of rotatable bonds is 9. The normalized spacial score (nSPS) is 13.1. The number of nitrogens with zero attached hydrogens (tertiary/aromatic N) is 2. The van der Waals surface area contributed by atoms with Crippen molar-refractivity contribution in [2.45, 2.75) is 30.7 Å². The highest BCUT2D eigenvalue weighted by Crippen LogP contribution is 2.33. The molecular formula is C25H27ClN2O5S. The van der Waals surface area contributed by atoms with Crippen LogP contribution in [0.4, 0.5) is 0 Å². The second-order valence-electron chi connectivity index (χ2n) is 8.09. The molecule has 0 saturated heterocycles. The number of methoxy groups -OCH3 is 1. The van der Waals surface area contributed by atoms with Crippen LogP contribution in [0.1, 0.15) is 34.6 Å². The predicted octanol–water partition coefficient (Wildman–Crippen LogP) is 4.26. The van der Waals surface area contributed by atoms with Gasteiger partial charge >= 0.3 is 0 Å². The lowest BCUT2D eigenvalue weighted by atomic mass is 9.83. The number of pyridine rings is 1. The minimum Gasteiger partial charge on any atom is -0.411 e. The summed E-state index contributed by atoms with van der Waals surface area (Å²) in [6.45, 7) is 2.68. The van der Waals surface area contributed by atoms with Gasteiger partial charge in [-0.05, 0) is 53.9 Å². The molecular weight excluding hydrogens is 476 g/mol. The molecule has 2 aromatic carbocycles. The molecule has 1 atom stereocenters. The zero-order valence-corrected chi connectivity index (χ0v) is 20.8. The van der Waals surface area contributed by atoms with E-state index in [4.69, 9.17) is 16.3 Å². The summed E-state index contributed by atoms with van der Waals surface area (Å²) in [7, 11) is -1.78. The van der Waals surface area contributed by atoms with E-state index in [0.29, 0.717) is 35.9 Å². The van der Waals surface area contributed by atoms with Crippen LogP contribution in [0.5, 0.6) is 0 Å². The molecule has 34 heavy (non-hydrogen) atoms. The maximum absolute atomic E-state index is 12.2. The van der Waals surface area contributed by atoms with Crippen LogP contribution in [-0.4, -0.2) is 43.9 Å². The Hall–Kier alpha value is -2.94. The SMILES string of the molecule is COCCn1cc(C(CC(c2ccc(S(C)(=O)=O)cc2)c2ccc(Cl)cc2C)=NO)ccc1=O. The number of halogens is 1. The highest BCUT2D eigenvalue weighted by atomic mass is 35.5. The van der Waals surface area contributed by atoms with Crippen LogP contribution >= 0.6 is 11.6 Å². The predicted molar refractivity (Wildman–Crippen MR) is 133 cm³/mol. The van der Waals surface area contributed by atoms with Crippen LogP contribution in [-0.2, 0) is 21.1 Å². The fourth-order valence-corrected chi connectivity index (χ4v) is 4.72. The maximum atomic E-state index is 12.2. The number of ether oxygens (including phenoxy) is 1. The smallest absolute Gasteiger partial charge is 0.250 e. The molecule has 0 amide bonds. The van der Waals surface area contributed by atoms with Crippen LogP contribution < -0.4 is 5.56 Å². The monoisotopic (exact) mass is 502 g/mol. The van der Waals surface area contributed by atoms with Crippen LogP contribution in [0.25, 0.3) is 0 Å². The molecule has 7 nitrogen and oxygen atoms in total. The molecule has 9 heteroatoms. The van der Waals surface area contributed by atoms with E-state index < -0.39 is 9.84 Å². The van der Waals surface area contributed by atoms with Gasteiger partial charge in [-0.25, -0.2) is 8.42 Å². The van der Waals surface area contributed by atoms with Gasteiger partial charge in [-0.3, -0.25) is 4.79 Å². The molecule has 0 spiro atoms. The average Bonchev–Trinajstić information content (AvgIpc) is 2.80. The average molecular weight is 503 g/mol. The minimum atomic E-state index is -3.33. The largest absolute Gasteiger partial charge is 0.411 e. The van der Waals surface area contributed by atoms with Crippen molar-refractivity contribution in [1.29, 1.82) is 0 Å². The first-order valence-electron chi connectivity index (χ1n) is 10.6. The molecule has 0 saturated carbocycles. The Labute approximate surface area is 204 Å². The number of aryl methyl sites for hydroxylation is 1. The fourth-order valence-electron chi connectivity index (χ4n) is 3.86. The van der Waals surface area contributed by atoms with E-state index in [1.165, 1.54) is 10.6 Å². The zero-order chi connectivity index (χ0) is 24.9. The van der Waals surface area contributed by atoms with Crippen molar-refractivity contribution in [1.82, 2.24) is 4.57 Å². The molecule has 1 aromatic heterocycles. The molecule has 1 unspecified atom stereocenters. The highest BCUT2D eigenvalue weighted by molar-refractivity contribution is 7.90. The Morgan fingerprint density at radius 2 is 1.85 bits per heavy atom. The molecule has 1 N–H and O–H groups in total. The third-order valence-corrected chi connectivity index (χ3v) is 7.05. The Bertz CT molecular complexity index is 1350. The van der Waals surface area contributed by atoms with E-state index in [1.54, 1.807) is 49.7 Å². The van der Waals surface area contributed by atoms with E-state index in [0.717, 1.165) is 22.9 Å². The third kappa shape index (κ3) is 6.14. The highest BCUT2D eigenvalue weighted by Gasteiger charge is 2.22. The number of oxime groups is 1. The molecule has 3 rings (SSSR count). The van der Waals surface area contributed by atoms with Gasteiger partial charge in [0.15, 0.2) is 9.84 Å². The van der Waals surface area contributed by atoms with Crippen LogP contribution in [0, 0.1) is 6.92 Å². The van der Waals surface area contributed by atoms with Gasteiger partial charge in [0.2, 0.25) is 0 Å². The summed E-state index contributed by atoms with van der Waals surface area (Å²) in [5, 5.41) is 14.1. The standard InChI is InChI=1S/C25H27ClN2O5S/c1-17-14-20(26)7-10-22(17)23(18-4-8-21(9-5-18)34(3,31)32)15-24(27-30)19-6-11-25(29)28(16-19)12-13-33-2/h4-11,14,16,23,30H,12-13,15H2,1-3H3. The van der Waals surface area contributed by atoms with E-state index >= 15 is 0 Å². The molecule has 0 aliphatic carbocycles. The van der Waals surface area contributed by atoms with Crippen LogP contribution in [0.3, 0.4) is 0 Å². The molecule has 180 valence electrons. The Kier molecular flexibility index (Phi) is 8.30. The summed E-state index contributed by atoms with van der Waals surface area (Å²) in [5.41, 5.74) is 3.57. The first-order valence-corrected chi connectivity index (χ1v) is 12.9. The van der Waals surface area contributed by atoms with Crippen molar-refractivity contribution in [2.24, 2.45) is 5.16 Å². The van der Waals surface area contributed by atoms with E-state index in [9.17, 15) is 18.4 Å². The van der Waals surface area contributed by atoms with Gasteiger partial charge < -0.3 is 14.5 Å². The van der Waals surface area contributed by atoms with Crippen molar-refractivity contribution in [3.63, 3.8) is 0 Å². The number of hydrogen-bond acceptors (Lipinski definition) is 6. The third-order valence-electron chi connectivity index (χ3n) is 5.69. The molecule has 3 aromatic rings. The number of aromatic nitrogens is 1. The van der Waals surface area contributed by atoms with Crippen LogP contribution in [0.2, 0.25) is 5.02 Å². The minimum absolute atomic E-state index is 0.181. The first-order chi connectivity index (χ1) is 16.1. The number of benzene rings is 2. The van der Waals surface area contributed by atoms with Crippen molar-refractivity contribution in [3.8, 4) is 0 Å². The van der Waals surface area contributed by atoms with Crippen molar-refractivity contribution >= 4 is 27.1 Å². The summed E-state index contributed by atoms with van der Waals surface area (Å²) in [5.74, 6) is -0.254. The van der Waals surface area contributed by atoms with Gasteiger partial charge in [-0.15, -0.1) is 0 Å². The van der Waals surface area contributed by atoms with Gasteiger partial charge in [-0.1, -0.05) is 35.0 Å². The molecule has 0 aliphatic rings. The van der Waals surface area contributed by atoms with Gasteiger partial charge in [0.1, 0.15) is 0 Å². The van der Waals surface area contributed by atoms with Crippen molar-refractivity contribution in [2.75, 3.05) is 20.0 Å². The lowest BCUT2D eigenvalue weighted by Gasteiger charge is -2.21. The maximum Gasteiger partial charge on any atom is 0.250 e. The molecule has 0 bridgehead atoms. The van der Waals surface area contributed by atoms with Crippen molar-refractivity contribution < 1.29 is 18.4 Å². The molecule has 0 fully saturated rings. The molecule has 0 aliphatic heterocycles. The fraction of sp³-hybridized carbons (Fsp3) is 0.280. The second-order valence-corrected chi connectivity index (χ2v) is 10.5. The number of hydrogen-bond donors (Lipinski definition) is 1. The van der Waals surface area contributed by atoms with Gasteiger partial charge in [0.25, 0.3) is 5.56 Å². The van der Waals surface area contributed by atoms with Gasteiger partial charge in [0.05, 0.1) is 17.2 Å². The van der Waals surface area contributed by atoms with E-state index in [-0.39, 0.29) is 16.4 Å². The summed E-state index contributed by atoms with van der Waals surface area (Å²) in [6.07, 6.45) is 3.12. The van der Waals surface area contributed by atoms with E-state index in [2.05, 4.69) is 5.16 Å². The first kappa shape index (κ1) is 25.7. The Morgan fingerprint density at radius 1 is 1.15 bits per heavy atom. The summed E-state index contributed by atoms with van der Waals surface area (Å²) in [4.78, 5) is 12.4. The summed E-state index contributed by atoms with van der Waals surface area (Å²) in [6, 6.07) is 15.3. The van der Waals surface area contributed by atoms with Crippen molar-refractivity contribution in [3.05, 3.63) is 98.4 Å². The number of sulfone groups is 1. The Morgan fingerprint density at radius 3 is 2.44 bits per heavy atom. The summed E-state index contributed by atoms with van der Waals surface area (Å²) >= 11 is 6.17. The lowest BCUT2D eigenvalue weighted by molar-refractivity contribution is 0.186. The lowest BCUT2D eigenvalue weighted by Crippen LogP contribution is -2.23. The summed E-state index contributed by atoms with van der Waals surface area (Å²) < 4.78 is 30.4. The quantitative estimate of drug-likeness (QED) is 0.268. The van der Waals surface area contributed by atoms with E-state index in [1.807, 2.05) is 19.1 Å². The second kappa shape index (κ2) is 11.0. The zero-order valence-electron chi connectivity index (χ0n) is 19.2. The molecule has 1 heterocycles. The van der Waals surface area contributed by atoms with Crippen LogP contribution in [0.15, 0.2) is 75.6 Å². The Balaban J connectivity index is 2.05. The van der Waals surface area contributed by atoms with Gasteiger partial charge in [0, 0.05) is 55.1 Å². The molecule has 0 radical (unpaired) electrons. The van der Waals surface area contributed by atoms with Gasteiger partial charge in [-0.2, -0.15) is 0 Å². The topological polar surface area (TPSA) is 98.0 Å².